The summed E-state index contributed by atoms with van der Waals surface area (Å²) in [7, 11) is 0. The van der Waals surface area contributed by atoms with Crippen LogP contribution in [0, 0.1) is 5.92 Å². The van der Waals surface area contributed by atoms with Gasteiger partial charge in [0.15, 0.2) is 0 Å². The molecule has 7 nitrogen and oxygen atoms in total. The summed E-state index contributed by atoms with van der Waals surface area (Å²) in [5.74, 6) is -1.29. The highest BCUT2D eigenvalue weighted by Gasteiger charge is 2.36. The molecule has 1 saturated carbocycles. The zero-order chi connectivity index (χ0) is 24.3. The number of aliphatic carboxylic acids is 1. The van der Waals surface area contributed by atoms with Crippen molar-refractivity contribution in [3.8, 4) is 11.1 Å². The van der Waals surface area contributed by atoms with Gasteiger partial charge in [0.2, 0.25) is 5.91 Å². The first-order valence-corrected chi connectivity index (χ1v) is 11.9. The van der Waals surface area contributed by atoms with Gasteiger partial charge < -0.3 is 20.5 Å². The van der Waals surface area contributed by atoms with Crippen LogP contribution in [-0.2, 0) is 14.3 Å². The minimum Gasteiger partial charge on any atom is -0.481 e. The lowest BCUT2D eigenvalue weighted by molar-refractivity contribution is -0.138. The number of rotatable bonds is 8. The first-order chi connectivity index (χ1) is 16.3. The van der Waals surface area contributed by atoms with Crippen molar-refractivity contribution in [3.63, 3.8) is 0 Å². The zero-order valence-electron chi connectivity index (χ0n) is 19.7. The summed E-state index contributed by atoms with van der Waals surface area (Å²) in [5, 5.41) is 14.8. The maximum atomic E-state index is 13.0. The van der Waals surface area contributed by atoms with Gasteiger partial charge in [-0.1, -0.05) is 61.4 Å². The van der Waals surface area contributed by atoms with E-state index in [1.807, 2.05) is 36.4 Å². The molecule has 0 aliphatic heterocycles. The van der Waals surface area contributed by atoms with Gasteiger partial charge >= 0.3 is 12.1 Å². The minimum atomic E-state index is -1.25. The summed E-state index contributed by atoms with van der Waals surface area (Å²) < 4.78 is 5.57. The van der Waals surface area contributed by atoms with E-state index < -0.39 is 29.6 Å². The van der Waals surface area contributed by atoms with E-state index in [1.54, 1.807) is 13.8 Å². The number of amides is 2. The van der Waals surface area contributed by atoms with E-state index in [-0.39, 0.29) is 24.9 Å². The van der Waals surface area contributed by atoms with Crippen LogP contribution in [0.2, 0.25) is 0 Å². The van der Waals surface area contributed by atoms with E-state index in [4.69, 9.17) is 4.74 Å². The predicted octanol–water partition coefficient (Wildman–Crippen LogP) is 4.45. The Hall–Kier alpha value is -3.35. The molecule has 3 N–H and O–H groups in total. The third kappa shape index (κ3) is 5.08. The Bertz CT molecular complexity index is 1030. The third-order valence-corrected chi connectivity index (χ3v) is 7.01. The monoisotopic (exact) mass is 464 g/mol. The molecule has 0 saturated heterocycles. The summed E-state index contributed by atoms with van der Waals surface area (Å²) in [6, 6.07) is 15.7. The number of hydrogen-bond donors (Lipinski definition) is 3. The van der Waals surface area contributed by atoms with E-state index in [9.17, 15) is 19.5 Å². The van der Waals surface area contributed by atoms with E-state index in [1.165, 1.54) is 0 Å². The van der Waals surface area contributed by atoms with Crippen molar-refractivity contribution >= 4 is 18.0 Å². The topological polar surface area (TPSA) is 105 Å². The van der Waals surface area contributed by atoms with Gasteiger partial charge in [0.25, 0.3) is 0 Å². The first kappa shape index (κ1) is 23.8. The molecule has 0 radical (unpaired) electrons. The van der Waals surface area contributed by atoms with Crippen molar-refractivity contribution in [2.75, 3.05) is 6.61 Å². The molecule has 1 fully saturated rings. The number of hydrogen-bond acceptors (Lipinski definition) is 4. The highest BCUT2D eigenvalue weighted by Crippen LogP contribution is 2.44. The molecular weight excluding hydrogens is 432 g/mol. The zero-order valence-corrected chi connectivity index (χ0v) is 19.7. The van der Waals surface area contributed by atoms with Gasteiger partial charge in [0.1, 0.15) is 12.1 Å². The lowest BCUT2D eigenvalue weighted by Crippen LogP contribution is -2.58. The summed E-state index contributed by atoms with van der Waals surface area (Å²) in [6.07, 6.45) is 3.07. The average Bonchev–Trinajstić information content (AvgIpc) is 3.43. The van der Waals surface area contributed by atoms with Crippen LogP contribution in [0.25, 0.3) is 11.1 Å². The van der Waals surface area contributed by atoms with Crippen LogP contribution in [0.15, 0.2) is 48.5 Å². The molecule has 0 heterocycles. The summed E-state index contributed by atoms with van der Waals surface area (Å²) >= 11 is 0. The van der Waals surface area contributed by atoms with Gasteiger partial charge in [-0.2, -0.15) is 0 Å². The summed E-state index contributed by atoms with van der Waals surface area (Å²) in [6.45, 7) is 3.34. The number of fused-ring (bicyclic) bond motifs is 3. The standard InChI is InChI=1S/C27H32N2O5/c1-27(2,25(32)28-23(15-24(30)31)17-9-3-4-10-17)29-26(33)34-16-22-20-13-7-5-11-18(20)19-12-6-8-14-21(19)22/h5-8,11-14,17,22-23H,3-4,9-10,15-16H2,1-2H3,(H,28,32)(H,29,33)(H,30,31). The Morgan fingerprint density at radius 1 is 1.00 bits per heavy atom. The van der Waals surface area contributed by atoms with E-state index >= 15 is 0 Å². The van der Waals surface area contributed by atoms with Crippen LogP contribution in [0.4, 0.5) is 4.79 Å². The first-order valence-electron chi connectivity index (χ1n) is 11.9. The fraction of sp³-hybridized carbons (Fsp3) is 0.444. The molecule has 1 atom stereocenters. The Balaban J connectivity index is 1.37. The third-order valence-electron chi connectivity index (χ3n) is 7.01. The van der Waals surface area contributed by atoms with Crippen LogP contribution in [0.1, 0.15) is 63.0 Å². The predicted molar refractivity (Wildman–Crippen MR) is 128 cm³/mol. The van der Waals surface area contributed by atoms with Crippen LogP contribution >= 0.6 is 0 Å². The SMILES string of the molecule is CC(C)(NC(=O)OCC1c2ccccc2-c2ccccc21)C(=O)NC(CC(=O)O)C1CCCC1. The van der Waals surface area contributed by atoms with Crippen molar-refractivity contribution in [1.82, 2.24) is 10.6 Å². The van der Waals surface area contributed by atoms with Gasteiger partial charge in [-0.25, -0.2) is 4.79 Å². The number of carboxylic acid groups (broad SMARTS) is 1. The second-order valence-corrected chi connectivity index (χ2v) is 9.80. The molecule has 1 unspecified atom stereocenters. The molecule has 2 aromatic rings. The van der Waals surface area contributed by atoms with Crippen LogP contribution < -0.4 is 10.6 Å². The number of benzene rings is 2. The van der Waals surface area contributed by atoms with Gasteiger partial charge in [0, 0.05) is 12.0 Å². The van der Waals surface area contributed by atoms with E-state index in [2.05, 4.69) is 22.8 Å². The normalized spacial score (nSPS) is 16.4. The Morgan fingerprint density at radius 2 is 1.56 bits per heavy atom. The second kappa shape index (κ2) is 9.87. The summed E-state index contributed by atoms with van der Waals surface area (Å²) in [5.41, 5.74) is 3.26. The average molecular weight is 465 g/mol. The quantitative estimate of drug-likeness (QED) is 0.535. The number of carboxylic acids is 1. The second-order valence-electron chi connectivity index (χ2n) is 9.80. The molecule has 4 rings (SSSR count). The Morgan fingerprint density at radius 3 is 2.12 bits per heavy atom. The van der Waals surface area contributed by atoms with Gasteiger partial charge in [-0.15, -0.1) is 0 Å². The number of alkyl carbamates (subject to hydrolysis) is 1. The molecule has 0 bridgehead atoms. The molecule has 180 valence electrons. The van der Waals surface area contributed by atoms with Crippen molar-refractivity contribution in [1.29, 1.82) is 0 Å². The number of carbonyl (C=O) groups is 3. The fourth-order valence-electron chi connectivity index (χ4n) is 5.18. The molecule has 2 amide bonds. The Kier molecular flexibility index (Phi) is 6.91. The van der Waals surface area contributed by atoms with E-state index in [0.29, 0.717) is 0 Å². The smallest absolute Gasteiger partial charge is 0.408 e. The maximum absolute atomic E-state index is 13.0. The molecule has 0 aromatic heterocycles. The largest absolute Gasteiger partial charge is 0.481 e. The number of nitrogens with one attached hydrogen (secondary N) is 2. The van der Waals surface area contributed by atoms with Crippen LogP contribution in [0.5, 0.6) is 0 Å². The molecular formula is C27H32N2O5. The highest BCUT2D eigenvalue weighted by atomic mass is 16.5. The van der Waals surface area contributed by atoms with Crippen LogP contribution in [0.3, 0.4) is 0 Å². The lowest BCUT2D eigenvalue weighted by Gasteiger charge is -2.30. The van der Waals surface area contributed by atoms with Crippen molar-refractivity contribution < 1.29 is 24.2 Å². The van der Waals surface area contributed by atoms with E-state index in [0.717, 1.165) is 47.9 Å². The van der Waals surface area contributed by atoms with Gasteiger partial charge in [-0.05, 0) is 54.9 Å². The molecule has 2 aromatic carbocycles. The molecule has 34 heavy (non-hydrogen) atoms. The molecule has 7 heteroatoms. The number of carbonyl (C=O) groups excluding carboxylic acids is 2. The molecule has 0 spiro atoms. The Labute approximate surface area is 199 Å². The minimum absolute atomic E-state index is 0.0718. The fourth-order valence-corrected chi connectivity index (χ4v) is 5.18. The lowest BCUT2D eigenvalue weighted by atomic mass is 9.93. The van der Waals surface area contributed by atoms with Crippen molar-refractivity contribution in [3.05, 3.63) is 59.7 Å². The maximum Gasteiger partial charge on any atom is 0.408 e. The number of ether oxygens (including phenoxy) is 1. The van der Waals surface area contributed by atoms with Crippen LogP contribution in [-0.4, -0.2) is 41.3 Å². The van der Waals surface area contributed by atoms with Crippen molar-refractivity contribution in [2.45, 2.75) is 63.5 Å². The van der Waals surface area contributed by atoms with Gasteiger partial charge in [0.05, 0.1) is 6.42 Å². The van der Waals surface area contributed by atoms with Gasteiger partial charge in [-0.3, -0.25) is 9.59 Å². The highest BCUT2D eigenvalue weighted by molar-refractivity contribution is 5.89. The van der Waals surface area contributed by atoms with Crippen molar-refractivity contribution in [2.24, 2.45) is 5.92 Å². The molecule has 2 aliphatic carbocycles. The molecule has 2 aliphatic rings. The summed E-state index contributed by atoms with van der Waals surface area (Å²) in [4.78, 5) is 36.9.